The molecule has 0 aromatic carbocycles. The van der Waals surface area contributed by atoms with E-state index in [1.165, 1.54) is 0 Å². The van der Waals surface area contributed by atoms with E-state index in [1.807, 2.05) is 6.92 Å². The lowest BCUT2D eigenvalue weighted by atomic mass is 9.93. The summed E-state index contributed by atoms with van der Waals surface area (Å²) in [6, 6.07) is -0.0370. The SMILES string of the molecule is C[C@@H](NC(=O)C[C@H]1CCCO1)c1nc(C(C)(C)C)cs1. The van der Waals surface area contributed by atoms with Crippen LogP contribution in [0.1, 0.15) is 63.7 Å². The molecular formula is C15H24N2O2S. The molecule has 112 valence electrons. The smallest absolute Gasteiger partial charge is 0.223 e. The Hall–Kier alpha value is -0.940. The van der Waals surface area contributed by atoms with E-state index in [2.05, 4.69) is 36.5 Å². The van der Waals surface area contributed by atoms with Crippen LogP contribution in [-0.2, 0) is 14.9 Å². The average molecular weight is 296 g/mol. The van der Waals surface area contributed by atoms with Crippen LogP contribution < -0.4 is 5.32 Å². The first kappa shape index (κ1) is 15.4. The molecule has 5 heteroatoms. The van der Waals surface area contributed by atoms with Crippen LogP contribution in [0.4, 0.5) is 0 Å². The Balaban J connectivity index is 1.89. The highest BCUT2D eigenvalue weighted by Gasteiger charge is 2.22. The second kappa shape index (κ2) is 6.22. The van der Waals surface area contributed by atoms with Crippen LogP contribution >= 0.6 is 11.3 Å². The van der Waals surface area contributed by atoms with E-state index < -0.39 is 0 Å². The summed E-state index contributed by atoms with van der Waals surface area (Å²) in [5, 5.41) is 6.07. The second-order valence-electron chi connectivity index (χ2n) is 6.45. The van der Waals surface area contributed by atoms with Crippen molar-refractivity contribution in [1.82, 2.24) is 10.3 Å². The van der Waals surface area contributed by atoms with Gasteiger partial charge in [0.15, 0.2) is 0 Å². The summed E-state index contributed by atoms with van der Waals surface area (Å²) in [7, 11) is 0. The van der Waals surface area contributed by atoms with E-state index in [1.54, 1.807) is 11.3 Å². The van der Waals surface area contributed by atoms with Gasteiger partial charge >= 0.3 is 0 Å². The number of thiazole rings is 1. The predicted molar refractivity (Wildman–Crippen MR) is 81.0 cm³/mol. The summed E-state index contributed by atoms with van der Waals surface area (Å²) in [5.74, 6) is 0.0527. The number of carbonyl (C=O) groups is 1. The normalized spacial score (nSPS) is 20.9. The maximum absolute atomic E-state index is 12.0. The summed E-state index contributed by atoms with van der Waals surface area (Å²) in [4.78, 5) is 16.6. The molecule has 0 radical (unpaired) electrons. The lowest BCUT2D eigenvalue weighted by Crippen LogP contribution is -2.29. The van der Waals surface area contributed by atoms with Crippen molar-refractivity contribution in [2.75, 3.05) is 6.61 Å². The first-order chi connectivity index (χ1) is 9.36. The molecule has 0 unspecified atom stereocenters. The Bertz CT molecular complexity index is 459. The number of amides is 1. The first-order valence-corrected chi connectivity index (χ1v) is 8.11. The van der Waals surface area contributed by atoms with Crippen LogP contribution in [-0.4, -0.2) is 23.6 Å². The third-order valence-corrected chi connectivity index (χ3v) is 4.50. The third-order valence-electron chi connectivity index (χ3n) is 3.48. The molecule has 0 aliphatic carbocycles. The topological polar surface area (TPSA) is 51.2 Å². The van der Waals surface area contributed by atoms with Crippen LogP contribution in [0, 0.1) is 0 Å². The minimum Gasteiger partial charge on any atom is -0.378 e. The molecular weight excluding hydrogens is 272 g/mol. The Kier molecular flexibility index (Phi) is 4.81. The number of hydrogen-bond acceptors (Lipinski definition) is 4. The molecule has 0 spiro atoms. The summed E-state index contributed by atoms with van der Waals surface area (Å²) in [6.45, 7) is 9.21. The molecule has 0 saturated carbocycles. The molecule has 1 aliphatic heterocycles. The molecule has 2 heterocycles. The lowest BCUT2D eigenvalue weighted by Gasteiger charge is -2.16. The summed E-state index contributed by atoms with van der Waals surface area (Å²) >= 11 is 1.61. The summed E-state index contributed by atoms with van der Waals surface area (Å²) < 4.78 is 5.49. The Morgan fingerprint density at radius 3 is 2.90 bits per heavy atom. The highest BCUT2D eigenvalue weighted by Crippen LogP contribution is 2.27. The van der Waals surface area contributed by atoms with Crippen LogP contribution in [0.2, 0.25) is 0 Å². The van der Waals surface area contributed by atoms with Gasteiger partial charge in [-0.05, 0) is 19.8 Å². The maximum atomic E-state index is 12.0. The van der Waals surface area contributed by atoms with E-state index >= 15 is 0 Å². The van der Waals surface area contributed by atoms with E-state index in [0.717, 1.165) is 30.2 Å². The van der Waals surface area contributed by atoms with Gasteiger partial charge in [0.1, 0.15) is 5.01 Å². The highest BCUT2D eigenvalue weighted by atomic mass is 32.1. The van der Waals surface area contributed by atoms with E-state index in [9.17, 15) is 4.79 Å². The lowest BCUT2D eigenvalue weighted by molar-refractivity contribution is -0.123. The fourth-order valence-electron chi connectivity index (χ4n) is 2.21. The van der Waals surface area contributed by atoms with Crippen LogP contribution in [0.15, 0.2) is 5.38 Å². The number of ether oxygens (including phenoxy) is 1. The van der Waals surface area contributed by atoms with Gasteiger partial charge < -0.3 is 10.1 Å². The average Bonchev–Trinajstić information content (AvgIpc) is 2.97. The van der Waals surface area contributed by atoms with Crippen molar-refractivity contribution in [2.24, 2.45) is 0 Å². The zero-order valence-corrected chi connectivity index (χ0v) is 13.5. The summed E-state index contributed by atoms with van der Waals surface area (Å²) in [5.41, 5.74) is 1.13. The minimum absolute atomic E-state index is 0.0370. The van der Waals surface area contributed by atoms with Crippen LogP contribution in [0.5, 0.6) is 0 Å². The number of nitrogens with zero attached hydrogens (tertiary/aromatic N) is 1. The van der Waals surface area contributed by atoms with Gasteiger partial charge in [-0.1, -0.05) is 20.8 Å². The number of hydrogen-bond donors (Lipinski definition) is 1. The van der Waals surface area contributed by atoms with Crippen molar-refractivity contribution in [2.45, 2.75) is 64.5 Å². The van der Waals surface area contributed by atoms with Crippen molar-refractivity contribution in [3.8, 4) is 0 Å². The molecule has 4 nitrogen and oxygen atoms in total. The quantitative estimate of drug-likeness (QED) is 0.928. The molecule has 1 N–H and O–H groups in total. The maximum Gasteiger partial charge on any atom is 0.223 e. The molecule has 20 heavy (non-hydrogen) atoms. The Morgan fingerprint density at radius 1 is 1.60 bits per heavy atom. The zero-order valence-electron chi connectivity index (χ0n) is 12.7. The molecule has 0 bridgehead atoms. The predicted octanol–water partition coefficient (Wildman–Crippen LogP) is 3.19. The van der Waals surface area contributed by atoms with E-state index in [0.29, 0.717) is 6.42 Å². The van der Waals surface area contributed by atoms with Gasteiger partial charge in [-0.15, -0.1) is 11.3 Å². The van der Waals surface area contributed by atoms with E-state index in [4.69, 9.17) is 4.74 Å². The fourth-order valence-corrected chi connectivity index (χ4v) is 3.26. The number of carbonyl (C=O) groups excluding carboxylic acids is 1. The van der Waals surface area contributed by atoms with Gasteiger partial charge in [-0.2, -0.15) is 0 Å². The first-order valence-electron chi connectivity index (χ1n) is 7.23. The van der Waals surface area contributed by atoms with Gasteiger partial charge in [0.05, 0.1) is 24.3 Å². The van der Waals surface area contributed by atoms with Crippen molar-refractivity contribution in [3.63, 3.8) is 0 Å². The Labute approximate surface area is 124 Å². The van der Waals surface area contributed by atoms with E-state index in [-0.39, 0.29) is 23.5 Å². The second-order valence-corrected chi connectivity index (χ2v) is 7.34. The Morgan fingerprint density at radius 2 is 2.35 bits per heavy atom. The van der Waals surface area contributed by atoms with Gasteiger partial charge in [0, 0.05) is 17.4 Å². The standard InChI is InChI=1S/C15H24N2O2S/c1-10(14-17-12(9-20-14)15(2,3)4)16-13(18)8-11-6-5-7-19-11/h9-11H,5-8H2,1-4H3,(H,16,18)/t10-,11-/m1/s1. The number of rotatable bonds is 4. The minimum atomic E-state index is -0.0370. The van der Waals surface area contributed by atoms with Crippen LogP contribution in [0.25, 0.3) is 0 Å². The molecule has 2 rings (SSSR count). The van der Waals surface area contributed by atoms with Gasteiger partial charge in [-0.3, -0.25) is 4.79 Å². The molecule has 1 aromatic heterocycles. The third kappa shape index (κ3) is 4.03. The van der Waals surface area contributed by atoms with Crippen molar-refractivity contribution in [1.29, 1.82) is 0 Å². The largest absolute Gasteiger partial charge is 0.378 e. The van der Waals surface area contributed by atoms with Crippen molar-refractivity contribution >= 4 is 17.2 Å². The molecule has 1 saturated heterocycles. The molecule has 2 atom stereocenters. The molecule has 1 amide bonds. The zero-order chi connectivity index (χ0) is 14.8. The fraction of sp³-hybridized carbons (Fsp3) is 0.733. The monoisotopic (exact) mass is 296 g/mol. The molecule has 1 aliphatic rings. The summed E-state index contributed by atoms with van der Waals surface area (Å²) in [6.07, 6.45) is 2.62. The van der Waals surface area contributed by atoms with Gasteiger partial charge in [-0.25, -0.2) is 4.98 Å². The van der Waals surface area contributed by atoms with Crippen molar-refractivity contribution in [3.05, 3.63) is 16.1 Å². The molecule has 1 aromatic rings. The highest BCUT2D eigenvalue weighted by molar-refractivity contribution is 7.09. The van der Waals surface area contributed by atoms with Crippen LogP contribution in [0.3, 0.4) is 0 Å². The van der Waals surface area contributed by atoms with Crippen molar-refractivity contribution < 1.29 is 9.53 Å². The van der Waals surface area contributed by atoms with Gasteiger partial charge in [0.25, 0.3) is 0 Å². The number of nitrogens with one attached hydrogen (secondary N) is 1. The number of aromatic nitrogens is 1. The van der Waals surface area contributed by atoms with Gasteiger partial charge in [0.2, 0.25) is 5.91 Å². The molecule has 1 fully saturated rings.